The fourth-order valence-electron chi connectivity index (χ4n) is 5.37. The van der Waals surface area contributed by atoms with E-state index in [0.717, 1.165) is 11.1 Å². The molecule has 0 aliphatic carbocycles. The van der Waals surface area contributed by atoms with Crippen LogP contribution in [-0.2, 0) is 4.79 Å². The second kappa shape index (κ2) is 13.7. The van der Waals surface area contributed by atoms with Crippen LogP contribution in [0.15, 0.2) is 120 Å². The largest absolute Gasteiger partial charge is 1.00 e. The third-order valence-electron chi connectivity index (χ3n) is 7.61. The second-order valence-corrected chi connectivity index (χ2v) is 11.0. The fraction of sp³-hybridized carbons (Fsp3) is 0.143. The van der Waals surface area contributed by atoms with Gasteiger partial charge in [-0.3, -0.25) is 29.6 Å². The number of benzene rings is 3. The zero-order valence-electron chi connectivity index (χ0n) is 25.1. The molecule has 11 heteroatoms. The number of hydrogen-bond acceptors (Lipinski definition) is 6. The van der Waals surface area contributed by atoms with Crippen molar-refractivity contribution in [3.63, 3.8) is 0 Å². The number of nitrogens with one attached hydrogen (secondary N) is 3. The first-order chi connectivity index (χ1) is 21.8. The Morgan fingerprint density at radius 2 is 1.41 bits per heavy atom. The van der Waals surface area contributed by atoms with Gasteiger partial charge in [0.1, 0.15) is 5.56 Å². The number of fused-ring (bicyclic) bond motifs is 1. The lowest BCUT2D eigenvalue weighted by molar-refractivity contribution is -0.570. The summed E-state index contributed by atoms with van der Waals surface area (Å²) >= 11 is 0. The van der Waals surface area contributed by atoms with Gasteiger partial charge in [0.15, 0.2) is 23.9 Å². The molecule has 3 N–H and O–H groups in total. The van der Waals surface area contributed by atoms with Crippen molar-refractivity contribution in [3.05, 3.63) is 148 Å². The van der Waals surface area contributed by atoms with Crippen LogP contribution in [0.1, 0.15) is 57.8 Å². The average Bonchev–Trinajstić information content (AvgIpc) is 3.08. The van der Waals surface area contributed by atoms with Crippen molar-refractivity contribution in [2.45, 2.75) is 25.9 Å². The number of anilines is 3. The molecule has 2 aromatic heterocycles. The number of halogens is 1. The lowest BCUT2D eigenvalue weighted by Gasteiger charge is -2.42. The van der Waals surface area contributed by atoms with Crippen LogP contribution in [0.5, 0.6) is 0 Å². The van der Waals surface area contributed by atoms with Gasteiger partial charge in [-0.05, 0) is 29.3 Å². The molecule has 0 fully saturated rings. The first-order valence-electron chi connectivity index (χ1n) is 14.6. The van der Waals surface area contributed by atoms with Gasteiger partial charge >= 0.3 is 5.91 Å². The van der Waals surface area contributed by atoms with E-state index in [1.807, 2.05) is 66.7 Å². The molecule has 232 valence electrons. The Balaban J connectivity index is 0.00000417. The summed E-state index contributed by atoms with van der Waals surface area (Å²) in [5, 5.41) is 6.05. The van der Waals surface area contributed by atoms with Gasteiger partial charge in [0, 0.05) is 12.0 Å². The van der Waals surface area contributed by atoms with E-state index >= 15 is 0 Å². The van der Waals surface area contributed by atoms with Crippen molar-refractivity contribution >= 4 is 35.2 Å². The second-order valence-electron chi connectivity index (χ2n) is 11.0. The van der Waals surface area contributed by atoms with Crippen LogP contribution in [0.25, 0.3) is 0 Å². The molecule has 46 heavy (non-hydrogen) atoms. The minimum Gasteiger partial charge on any atom is -1.00 e. The van der Waals surface area contributed by atoms with Gasteiger partial charge in [-0.25, -0.2) is 4.79 Å². The minimum absolute atomic E-state index is 0. The van der Waals surface area contributed by atoms with Crippen LogP contribution in [-0.4, -0.2) is 27.7 Å². The predicted octanol–water partition coefficient (Wildman–Crippen LogP) is 1.90. The van der Waals surface area contributed by atoms with Gasteiger partial charge in [0.2, 0.25) is 11.9 Å². The monoisotopic (exact) mass is 678 g/mol. The van der Waals surface area contributed by atoms with Gasteiger partial charge in [-0.15, -0.1) is 4.57 Å². The third kappa shape index (κ3) is 6.36. The Hall–Kier alpha value is -5.42. The normalized spacial score (nSPS) is 15.2. The molecule has 1 aliphatic heterocycles. The number of carbonyl (C=O) groups is 3. The van der Waals surface area contributed by atoms with Crippen LogP contribution in [0.4, 0.5) is 17.5 Å². The van der Waals surface area contributed by atoms with Crippen LogP contribution >= 0.6 is 0 Å². The summed E-state index contributed by atoms with van der Waals surface area (Å²) < 4.78 is 1.35. The first-order valence-corrected chi connectivity index (χ1v) is 14.6. The lowest BCUT2D eigenvalue weighted by atomic mass is 9.89. The molecule has 3 aromatic carbocycles. The Morgan fingerprint density at radius 3 is 2.04 bits per heavy atom. The summed E-state index contributed by atoms with van der Waals surface area (Å²) in [7, 11) is 0. The van der Waals surface area contributed by atoms with Crippen molar-refractivity contribution in [3.8, 4) is 0 Å². The number of nitrogens with zero attached hydrogens (tertiary/aromatic N) is 3. The quantitative estimate of drug-likeness (QED) is 0.236. The lowest BCUT2D eigenvalue weighted by Crippen LogP contribution is -3.00. The Bertz CT molecular complexity index is 1930. The number of aromatic amines is 1. The molecule has 3 heterocycles. The van der Waals surface area contributed by atoms with Gasteiger partial charge in [0.05, 0.1) is 17.6 Å². The number of aromatic nitrogens is 3. The average molecular weight is 680 g/mol. The van der Waals surface area contributed by atoms with Crippen molar-refractivity contribution in [2.75, 3.05) is 15.5 Å². The zero-order chi connectivity index (χ0) is 31.5. The standard InChI is InChI=1S/C35H30N6O4.BrH/c1-22(2)31(42)38-35-37-30-29(32(43)39-35)41(28(24-15-8-4-9-16-24)27(36-30)23-13-6-3-7-14-23)34(45)26-19-12-20-40(21-26)33(44)25-17-10-5-11-18-25;/h3-22,27-28H,1-2H3,(H2-,36,37,38,39,42,43);1H. The van der Waals surface area contributed by atoms with Gasteiger partial charge in [-0.1, -0.05) is 92.7 Å². The van der Waals surface area contributed by atoms with Gasteiger partial charge < -0.3 is 22.3 Å². The number of carbonyl (C=O) groups excluding carboxylic acids is 3. The van der Waals surface area contributed by atoms with E-state index in [9.17, 15) is 19.2 Å². The topological polar surface area (TPSA) is 128 Å². The highest BCUT2D eigenvalue weighted by atomic mass is 79.9. The van der Waals surface area contributed by atoms with Crippen molar-refractivity contribution in [1.82, 2.24) is 9.97 Å². The van der Waals surface area contributed by atoms with Gasteiger partial charge in [-0.2, -0.15) is 4.98 Å². The maximum atomic E-state index is 14.7. The Kier molecular flexibility index (Phi) is 9.53. The van der Waals surface area contributed by atoms with E-state index in [-0.39, 0.29) is 57.7 Å². The van der Waals surface area contributed by atoms with Gasteiger partial charge in [0.25, 0.3) is 11.5 Å². The Morgan fingerprint density at radius 1 is 0.826 bits per heavy atom. The molecule has 2 atom stereocenters. The molecule has 0 radical (unpaired) electrons. The van der Waals surface area contributed by atoms with Crippen LogP contribution < -0.4 is 42.6 Å². The summed E-state index contributed by atoms with van der Waals surface area (Å²) in [6.45, 7) is 3.46. The Labute approximate surface area is 275 Å². The first kappa shape index (κ1) is 32.0. The molecule has 0 saturated carbocycles. The highest BCUT2D eigenvalue weighted by molar-refractivity contribution is 6.08. The third-order valence-corrected chi connectivity index (χ3v) is 7.61. The molecule has 2 unspecified atom stereocenters. The number of hydrogen-bond donors (Lipinski definition) is 3. The van der Waals surface area contributed by atoms with E-state index in [0.29, 0.717) is 5.56 Å². The summed E-state index contributed by atoms with van der Waals surface area (Å²) in [5.74, 6) is -1.38. The molecule has 0 bridgehead atoms. The summed E-state index contributed by atoms with van der Waals surface area (Å²) in [4.78, 5) is 62.9. The van der Waals surface area contributed by atoms with Crippen LogP contribution in [0.3, 0.4) is 0 Å². The molecule has 6 rings (SSSR count). The van der Waals surface area contributed by atoms with Crippen molar-refractivity contribution in [1.29, 1.82) is 0 Å². The van der Waals surface area contributed by atoms with E-state index in [4.69, 9.17) is 0 Å². The van der Waals surface area contributed by atoms with Crippen molar-refractivity contribution in [2.24, 2.45) is 5.92 Å². The molecular weight excluding hydrogens is 648 g/mol. The number of pyridine rings is 1. The van der Waals surface area contributed by atoms with E-state index in [1.165, 1.54) is 15.7 Å². The maximum absolute atomic E-state index is 14.7. The van der Waals surface area contributed by atoms with Crippen molar-refractivity contribution < 1.29 is 35.9 Å². The SMILES string of the molecule is CC(C)C(=O)Nc1nc2c(c(=O)[nH]1)N(C(=O)c1ccc[n+](C(=O)c3ccccc3)c1)C(c1ccccc1)C(c1ccccc1)N2.[Br-]. The number of rotatable bonds is 6. The maximum Gasteiger partial charge on any atom is 0.424 e. The summed E-state index contributed by atoms with van der Waals surface area (Å²) in [6.07, 6.45) is 3.05. The summed E-state index contributed by atoms with van der Waals surface area (Å²) in [6, 6.07) is 29.8. The van der Waals surface area contributed by atoms with Crippen LogP contribution in [0.2, 0.25) is 0 Å². The highest BCUT2D eigenvalue weighted by Crippen LogP contribution is 2.45. The number of H-pyrrole nitrogens is 1. The molecule has 0 spiro atoms. The molecule has 2 amide bonds. The minimum atomic E-state index is -0.689. The number of amides is 2. The van der Waals surface area contributed by atoms with E-state index < -0.39 is 23.6 Å². The summed E-state index contributed by atoms with van der Waals surface area (Å²) in [5.41, 5.74) is 1.66. The fourth-order valence-corrected chi connectivity index (χ4v) is 5.37. The zero-order valence-corrected chi connectivity index (χ0v) is 26.6. The van der Waals surface area contributed by atoms with E-state index in [1.54, 1.807) is 56.4 Å². The molecular formula is C35H31BrN6O4. The predicted molar refractivity (Wildman–Crippen MR) is 170 cm³/mol. The molecule has 0 saturated heterocycles. The smallest absolute Gasteiger partial charge is 0.424 e. The van der Waals surface area contributed by atoms with Crippen LogP contribution in [0, 0.1) is 5.92 Å². The molecule has 1 aliphatic rings. The highest BCUT2D eigenvalue weighted by Gasteiger charge is 2.43. The molecule has 10 nitrogen and oxygen atoms in total. The molecule has 5 aromatic rings. The van der Waals surface area contributed by atoms with E-state index in [2.05, 4.69) is 20.6 Å².